The van der Waals surface area contributed by atoms with Gasteiger partial charge < -0.3 is 11.5 Å². The summed E-state index contributed by atoms with van der Waals surface area (Å²) >= 11 is 4.09. The molecule has 0 aromatic rings. The molecule has 0 aliphatic heterocycles. The van der Waals surface area contributed by atoms with Crippen molar-refractivity contribution >= 4 is 17.3 Å². The Morgan fingerprint density at radius 1 is 1.25 bits per heavy atom. The number of unbranched alkanes of at least 4 members (excludes halogenated alkanes) is 1. The predicted molar refractivity (Wildman–Crippen MR) is 41.6 cm³/mol. The van der Waals surface area contributed by atoms with E-state index in [1.807, 2.05) is 0 Å². The van der Waals surface area contributed by atoms with Crippen molar-refractivity contribution in [3.8, 4) is 0 Å². The lowest BCUT2D eigenvalue weighted by atomic mass is 10.4. The molecule has 0 spiro atoms. The molecule has 0 heterocycles. The van der Waals surface area contributed by atoms with Crippen molar-refractivity contribution in [2.75, 3.05) is 0 Å². The van der Waals surface area contributed by atoms with E-state index in [2.05, 4.69) is 37.5 Å². The Morgan fingerprint density at radius 2 is 1.38 bits per heavy atom. The number of rotatable bonds is 1. The summed E-state index contributed by atoms with van der Waals surface area (Å²) in [6.45, 7) is 4.36. The SMILES string of the molecule is CCCC.NC(N)=S. The van der Waals surface area contributed by atoms with Gasteiger partial charge >= 0.3 is 0 Å². The van der Waals surface area contributed by atoms with Crippen LogP contribution in [0.15, 0.2) is 0 Å². The maximum absolute atomic E-state index is 4.62. The molecular weight excluding hydrogens is 120 g/mol. The Hall–Kier alpha value is -0.310. The minimum atomic E-state index is 0.000000000000000222. The van der Waals surface area contributed by atoms with Crippen LogP contribution < -0.4 is 11.5 Å². The normalized spacial score (nSPS) is 6.75. The molecule has 0 atom stereocenters. The highest BCUT2D eigenvalue weighted by molar-refractivity contribution is 7.80. The molecule has 2 nitrogen and oxygen atoms in total. The summed E-state index contributed by atoms with van der Waals surface area (Å²) in [7, 11) is 0. The summed E-state index contributed by atoms with van der Waals surface area (Å²) in [5.41, 5.74) is 9.24. The van der Waals surface area contributed by atoms with Gasteiger partial charge in [-0.15, -0.1) is 0 Å². The predicted octanol–water partition coefficient (Wildman–Crippen LogP) is 0.995. The average Bonchev–Trinajstić information content (AvgIpc) is 1.65. The van der Waals surface area contributed by atoms with Gasteiger partial charge in [0.25, 0.3) is 0 Å². The van der Waals surface area contributed by atoms with Crippen LogP contribution in [0.5, 0.6) is 0 Å². The van der Waals surface area contributed by atoms with Crippen LogP contribution in [0.3, 0.4) is 0 Å². The summed E-state index contributed by atoms with van der Waals surface area (Å²) < 4.78 is 0. The summed E-state index contributed by atoms with van der Waals surface area (Å²) in [6, 6.07) is 0. The summed E-state index contributed by atoms with van der Waals surface area (Å²) in [4.78, 5) is 0. The van der Waals surface area contributed by atoms with Gasteiger partial charge in [-0.1, -0.05) is 26.7 Å². The van der Waals surface area contributed by atoms with Gasteiger partial charge in [0, 0.05) is 0 Å². The average molecular weight is 134 g/mol. The third-order valence-electron chi connectivity index (χ3n) is 0.500. The van der Waals surface area contributed by atoms with Crippen molar-refractivity contribution < 1.29 is 0 Å². The zero-order valence-electron chi connectivity index (χ0n) is 5.48. The van der Waals surface area contributed by atoms with Gasteiger partial charge in [0.1, 0.15) is 0 Å². The Labute approximate surface area is 56.2 Å². The fourth-order valence-corrected chi connectivity index (χ4v) is 0. The van der Waals surface area contributed by atoms with Crippen molar-refractivity contribution in [3.05, 3.63) is 0 Å². The van der Waals surface area contributed by atoms with Crippen molar-refractivity contribution in [3.63, 3.8) is 0 Å². The molecule has 0 aliphatic rings. The van der Waals surface area contributed by atoms with Crippen molar-refractivity contribution in [1.82, 2.24) is 0 Å². The quantitative estimate of drug-likeness (QED) is 0.526. The van der Waals surface area contributed by atoms with Crippen LogP contribution in [0.2, 0.25) is 0 Å². The van der Waals surface area contributed by atoms with Crippen molar-refractivity contribution in [2.24, 2.45) is 11.5 Å². The van der Waals surface area contributed by atoms with Crippen LogP contribution in [0.25, 0.3) is 0 Å². The lowest BCUT2D eigenvalue weighted by Gasteiger charge is -1.68. The molecule has 8 heavy (non-hydrogen) atoms. The second-order valence-corrected chi connectivity index (χ2v) is 1.87. The Balaban J connectivity index is 0. The lowest BCUT2D eigenvalue weighted by Crippen LogP contribution is -2.18. The van der Waals surface area contributed by atoms with Gasteiger partial charge in [0.05, 0.1) is 0 Å². The van der Waals surface area contributed by atoms with E-state index >= 15 is 0 Å². The number of thiocarbonyl (C=S) groups is 1. The first-order chi connectivity index (χ1) is 3.65. The van der Waals surface area contributed by atoms with Gasteiger partial charge in [0.15, 0.2) is 5.11 Å². The van der Waals surface area contributed by atoms with Crippen LogP contribution in [0.1, 0.15) is 26.7 Å². The van der Waals surface area contributed by atoms with E-state index in [1.54, 1.807) is 0 Å². The number of hydrogen-bond acceptors (Lipinski definition) is 1. The van der Waals surface area contributed by atoms with Crippen molar-refractivity contribution in [1.29, 1.82) is 0 Å². The van der Waals surface area contributed by atoms with Crippen molar-refractivity contribution in [2.45, 2.75) is 26.7 Å². The molecule has 50 valence electrons. The monoisotopic (exact) mass is 134 g/mol. The van der Waals surface area contributed by atoms with Gasteiger partial charge in [0.2, 0.25) is 0 Å². The summed E-state index contributed by atoms with van der Waals surface area (Å²) in [6.07, 6.45) is 2.64. The standard InChI is InChI=1S/C4H10.CH4N2S/c1-3-4-2;2-1(3)4/h3-4H2,1-2H3;(H4,2,3,4). The Kier molecular flexibility index (Phi) is 13.1. The molecule has 0 fully saturated rings. The number of hydrogen-bond donors (Lipinski definition) is 2. The molecule has 0 bridgehead atoms. The molecule has 0 saturated heterocycles. The molecule has 0 rings (SSSR count). The third kappa shape index (κ3) is 263. The highest BCUT2D eigenvalue weighted by Gasteiger charge is 1.56. The molecule has 0 saturated carbocycles. The van der Waals surface area contributed by atoms with E-state index in [4.69, 9.17) is 0 Å². The molecular formula is C5H14N2S. The molecule has 0 unspecified atom stereocenters. The highest BCUT2D eigenvalue weighted by Crippen LogP contribution is 1.76. The van der Waals surface area contributed by atoms with Gasteiger partial charge in [-0.05, 0) is 12.2 Å². The summed E-state index contributed by atoms with van der Waals surface area (Å²) in [5.74, 6) is 0. The van der Waals surface area contributed by atoms with Gasteiger partial charge in [-0.3, -0.25) is 0 Å². The molecule has 4 N–H and O–H groups in total. The first-order valence-corrected chi connectivity index (χ1v) is 3.10. The first-order valence-electron chi connectivity index (χ1n) is 2.70. The van der Waals surface area contributed by atoms with E-state index in [-0.39, 0.29) is 5.11 Å². The molecule has 0 radical (unpaired) electrons. The first kappa shape index (κ1) is 10.6. The topological polar surface area (TPSA) is 52.0 Å². The fraction of sp³-hybridized carbons (Fsp3) is 0.800. The third-order valence-corrected chi connectivity index (χ3v) is 0.500. The molecule has 0 aromatic carbocycles. The molecule has 0 amide bonds. The Bertz CT molecular complexity index is 48.4. The van der Waals surface area contributed by atoms with Gasteiger partial charge in [-0.25, -0.2) is 0 Å². The van der Waals surface area contributed by atoms with E-state index in [1.165, 1.54) is 12.8 Å². The van der Waals surface area contributed by atoms with Crippen LogP contribution in [-0.4, -0.2) is 5.11 Å². The zero-order valence-corrected chi connectivity index (χ0v) is 6.29. The summed E-state index contributed by atoms with van der Waals surface area (Å²) in [5, 5.41) is 0.000000000000000222. The van der Waals surface area contributed by atoms with E-state index < -0.39 is 0 Å². The van der Waals surface area contributed by atoms with Gasteiger partial charge in [-0.2, -0.15) is 0 Å². The fourth-order valence-electron chi connectivity index (χ4n) is 0. The zero-order chi connectivity index (χ0) is 6.99. The minimum absolute atomic E-state index is 0.000000000000000222. The van der Waals surface area contributed by atoms with Crippen LogP contribution in [0, 0.1) is 0 Å². The maximum atomic E-state index is 4.62. The van der Waals surface area contributed by atoms with Crippen LogP contribution >= 0.6 is 12.2 Å². The highest BCUT2D eigenvalue weighted by atomic mass is 32.1. The maximum Gasteiger partial charge on any atom is 0.160 e. The van der Waals surface area contributed by atoms with E-state index in [9.17, 15) is 0 Å². The van der Waals surface area contributed by atoms with Crippen LogP contribution in [0.4, 0.5) is 0 Å². The second kappa shape index (κ2) is 9.85. The van der Waals surface area contributed by atoms with E-state index in [0.717, 1.165) is 0 Å². The Morgan fingerprint density at radius 3 is 1.38 bits per heavy atom. The largest absolute Gasteiger partial charge is 0.377 e. The smallest absolute Gasteiger partial charge is 0.160 e. The van der Waals surface area contributed by atoms with E-state index in [0.29, 0.717) is 0 Å². The second-order valence-electron chi connectivity index (χ2n) is 1.40. The number of nitrogens with two attached hydrogens (primary N) is 2. The lowest BCUT2D eigenvalue weighted by molar-refractivity contribution is 0.886. The van der Waals surface area contributed by atoms with Crippen LogP contribution in [-0.2, 0) is 0 Å². The minimum Gasteiger partial charge on any atom is -0.377 e. The molecule has 0 aliphatic carbocycles. The molecule has 0 aromatic heterocycles. The molecule has 3 heteroatoms.